The normalized spacial score (nSPS) is 10.3. The third kappa shape index (κ3) is 3.13. The SMILES string of the molecule is COc1cc(NC(=O)c2cc(-c3ccncc3)n[nH]2)ccc1O. The fourth-order valence-corrected chi connectivity index (χ4v) is 2.06. The maximum atomic E-state index is 12.2. The second-order valence-electron chi connectivity index (χ2n) is 4.74. The van der Waals surface area contributed by atoms with Crippen molar-refractivity contribution in [3.05, 3.63) is 54.5 Å². The molecule has 0 radical (unpaired) electrons. The molecule has 0 bridgehead atoms. The molecular formula is C16H14N4O3. The number of carbonyl (C=O) groups excluding carboxylic acids is 1. The van der Waals surface area contributed by atoms with E-state index < -0.39 is 0 Å². The van der Waals surface area contributed by atoms with Crippen molar-refractivity contribution in [3.63, 3.8) is 0 Å². The van der Waals surface area contributed by atoms with Gasteiger partial charge in [-0.25, -0.2) is 0 Å². The van der Waals surface area contributed by atoms with Gasteiger partial charge in [-0.3, -0.25) is 14.9 Å². The summed E-state index contributed by atoms with van der Waals surface area (Å²) in [4.78, 5) is 16.2. The summed E-state index contributed by atoms with van der Waals surface area (Å²) in [7, 11) is 1.44. The number of aromatic hydroxyl groups is 1. The number of methoxy groups -OCH3 is 1. The molecule has 0 unspecified atom stereocenters. The number of nitrogens with zero attached hydrogens (tertiary/aromatic N) is 2. The van der Waals surface area contributed by atoms with Crippen LogP contribution >= 0.6 is 0 Å². The number of benzene rings is 1. The Bertz CT molecular complexity index is 830. The Labute approximate surface area is 132 Å². The summed E-state index contributed by atoms with van der Waals surface area (Å²) in [6.07, 6.45) is 3.32. The van der Waals surface area contributed by atoms with Gasteiger partial charge in [-0.2, -0.15) is 5.10 Å². The van der Waals surface area contributed by atoms with Crippen LogP contribution < -0.4 is 10.1 Å². The second kappa shape index (κ2) is 6.18. The predicted octanol–water partition coefficient (Wildman–Crippen LogP) is 2.44. The number of H-pyrrole nitrogens is 1. The summed E-state index contributed by atoms with van der Waals surface area (Å²) in [6, 6.07) is 9.83. The van der Waals surface area contributed by atoms with E-state index in [4.69, 9.17) is 4.74 Å². The number of amides is 1. The Morgan fingerprint density at radius 3 is 2.74 bits per heavy atom. The summed E-state index contributed by atoms with van der Waals surface area (Å²) in [6.45, 7) is 0. The number of hydrogen-bond donors (Lipinski definition) is 3. The molecule has 116 valence electrons. The highest BCUT2D eigenvalue weighted by molar-refractivity contribution is 6.03. The minimum absolute atomic E-state index is 0.00649. The van der Waals surface area contributed by atoms with Gasteiger partial charge in [0.2, 0.25) is 0 Å². The van der Waals surface area contributed by atoms with Crippen LogP contribution in [0.15, 0.2) is 48.8 Å². The van der Waals surface area contributed by atoms with Crippen LogP contribution in [0.5, 0.6) is 11.5 Å². The molecule has 0 spiro atoms. The lowest BCUT2D eigenvalue weighted by atomic mass is 10.2. The van der Waals surface area contributed by atoms with Crippen LogP contribution in [0.25, 0.3) is 11.3 Å². The number of aromatic amines is 1. The van der Waals surface area contributed by atoms with E-state index in [1.807, 2.05) is 12.1 Å². The van der Waals surface area contributed by atoms with Gasteiger partial charge >= 0.3 is 0 Å². The van der Waals surface area contributed by atoms with Crippen LogP contribution in [-0.2, 0) is 0 Å². The van der Waals surface area contributed by atoms with E-state index in [2.05, 4.69) is 20.5 Å². The lowest BCUT2D eigenvalue weighted by Gasteiger charge is -2.07. The molecule has 3 N–H and O–H groups in total. The monoisotopic (exact) mass is 310 g/mol. The number of anilines is 1. The van der Waals surface area contributed by atoms with Crippen LogP contribution in [0.2, 0.25) is 0 Å². The number of carbonyl (C=O) groups is 1. The van der Waals surface area contributed by atoms with Gasteiger partial charge in [0.1, 0.15) is 5.69 Å². The van der Waals surface area contributed by atoms with Crippen LogP contribution in [0, 0.1) is 0 Å². The summed E-state index contributed by atoms with van der Waals surface area (Å²) < 4.78 is 5.01. The lowest BCUT2D eigenvalue weighted by Crippen LogP contribution is -2.12. The zero-order chi connectivity index (χ0) is 16.2. The Balaban J connectivity index is 1.78. The summed E-state index contributed by atoms with van der Waals surface area (Å²) >= 11 is 0. The van der Waals surface area contributed by atoms with E-state index in [9.17, 15) is 9.90 Å². The van der Waals surface area contributed by atoms with Crippen molar-refractivity contribution < 1.29 is 14.6 Å². The molecule has 1 amide bonds. The fraction of sp³-hybridized carbons (Fsp3) is 0.0625. The van der Waals surface area contributed by atoms with Gasteiger partial charge in [-0.1, -0.05) is 0 Å². The van der Waals surface area contributed by atoms with Crippen molar-refractivity contribution in [3.8, 4) is 22.8 Å². The maximum absolute atomic E-state index is 12.2. The minimum atomic E-state index is -0.342. The molecule has 0 saturated carbocycles. The highest BCUT2D eigenvalue weighted by Gasteiger charge is 2.12. The van der Waals surface area contributed by atoms with Gasteiger partial charge in [0.05, 0.1) is 12.8 Å². The minimum Gasteiger partial charge on any atom is -0.504 e. The predicted molar refractivity (Wildman–Crippen MR) is 84.4 cm³/mol. The van der Waals surface area contributed by atoms with Gasteiger partial charge in [-0.15, -0.1) is 0 Å². The fourth-order valence-electron chi connectivity index (χ4n) is 2.06. The number of hydrogen-bond acceptors (Lipinski definition) is 5. The standard InChI is InChI=1S/C16H14N4O3/c1-23-15-8-11(2-3-14(15)21)18-16(22)13-9-12(19-20-13)10-4-6-17-7-5-10/h2-9,21H,1H3,(H,18,22)(H,19,20). The average molecular weight is 310 g/mol. The quantitative estimate of drug-likeness (QED) is 0.643. The molecule has 7 heteroatoms. The molecule has 0 aliphatic carbocycles. The van der Waals surface area contributed by atoms with Crippen LogP contribution in [-0.4, -0.2) is 33.3 Å². The number of aromatic nitrogens is 3. The largest absolute Gasteiger partial charge is 0.504 e. The third-order valence-electron chi connectivity index (χ3n) is 3.24. The Hall–Kier alpha value is -3.35. The second-order valence-corrected chi connectivity index (χ2v) is 4.74. The first kappa shape index (κ1) is 14.6. The number of nitrogens with one attached hydrogen (secondary N) is 2. The molecule has 0 atom stereocenters. The van der Waals surface area contributed by atoms with Crippen LogP contribution in [0.1, 0.15) is 10.5 Å². The van der Waals surface area contributed by atoms with Gasteiger partial charge in [-0.05, 0) is 30.3 Å². The maximum Gasteiger partial charge on any atom is 0.273 e. The highest BCUT2D eigenvalue weighted by atomic mass is 16.5. The van der Waals surface area contributed by atoms with Crippen LogP contribution in [0.3, 0.4) is 0 Å². The van der Waals surface area contributed by atoms with E-state index in [-0.39, 0.29) is 17.4 Å². The van der Waals surface area contributed by atoms with Crippen molar-refractivity contribution in [2.75, 3.05) is 12.4 Å². The van der Waals surface area contributed by atoms with Crippen molar-refractivity contribution in [2.45, 2.75) is 0 Å². The molecular weight excluding hydrogens is 296 g/mol. The van der Waals surface area contributed by atoms with Gasteiger partial charge in [0.25, 0.3) is 5.91 Å². The lowest BCUT2D eigenvalue weighted by molar-refractivity contribution is 0.102. The summed E-state index contributed by atoms with van der Waals surface area (Å²) in [5.41, 5.74) is 2.34. The highest BCUT2D eigenvalue weighted by Crippen LogP contribution is 2.28. The molecule has 3 rings (SSSR count). The Morgan fingerprint density at radius 1 is 1.22 bits per heavy atom. The first-order valence-electron chi connectivity index (χ1n) is 6.81. The number of phenols is 1. The van der Waals surface area contributed by atoms with E-state index in [0.29, 0.717) is 17.1 Å². The Morgan fingerprint density at radius 2 is 2.00 bits per heavy atom. The number of rotatable bonds is 4. The number of ether oxygens (including phenoxy) is 1. The molecule has 3 aromatic rings. The molecule has 0 aliphatic rings. The summed E-state index contributed by atoms with van der Waals surface area (Å²) in [5.74, 6) is -0.0533. The molecule has 0 aliphatic heterocycles. The molecule has 2 heterocycles. The van der Waals surface area contributed by atoms with Gasteiger partial charge in [0.15, 0.2) is 11.5 Å². The van der Waals surface area contributed by atoms with Crippen molar-refractivity contribution in [2.24, 2.45) is 0 Å². The smallest absolute Gasteiger partial charge is 0.273 e. The molecule has 0 fully saturated rings. The molecule has 23 heavy (non-hydrogen) atoms. The van der Waals surface area contributed by atoms with Crippen LogP contribution in [0.4, 0.5) is 5.69 Å². The molecule has 2 aromatic heterocycles. The number of phenolic OH excluding ortho intramolecular Hbond substituents is 1. The van der Waals surface area contributed by atoms with E-state index >= 15 is 0 Å². The van der Waals surface area contributed by atoms with E-state index in [1.54, 1.807) is 24.5 Å². The zero-order valence-electron chi connectivity index (χ0n) is 12.3. The zero-order valence-corrected chi connectivity index (χ0v) is 12.3. The first-order chi connectivity index (χ1) is 11.2. The molecule has 1 aromatic carbocycles. The molecule has 0 saturated heterocycles. The molecule has 7 nitrogen and oxygen atoms in total. The van der Waals surface area contributed by atoms with Crippen molar-refractivity contribution >= 4 is 11.6 Å². The topological polar surface area (TPSA) is 100 Å². The van der Waals surface area contributed by atoms with E-state index in [0.717, 1.165) is 5.56 Å². The Kier molecular flexibility index (Phi) is 3.92. The number of pyridine rings is 1. The van der Waals surface area contributed by atoms with E-state index in [1.165, 1.54) is 19.2 Å². The van der Waals surface area contributed by atoms with Gasteiger partial charge < -0.3 is 15.2 Å². The summed E-state index contributed by atoms with van der Waals surface area (Å²) in [5, 5.41) is 19.1. The van der Waals surface area contributed by atoms with Crippen molar-refractivity contribution in [1.29, 1.82) is 0 Å². The van der Waals surface area contributed by atoms with Crippen molar-refractivity contribution in [1.82, 2.24) is 15.2 Å². The van der Waals surface area contributed by atoms with Gasteiger partial charge in [0, 0.05) is 29.7 Å². The third-order valence-corrected chi connectivity index (χ3v) is 3.24. The average Bonchev–Trinajstić information content (AvgIpc) is 3.07. The first-order valence-corrected chi connectivity index (χ1v) is 6.81.